The van der Waals surface area contributed by atoms with Crippen molar-refractivity contribution in [2.24, 2.45) is 5.41 Å². The molecule has 1 atom stereocenters. The molecule has 0 saturated carbocycles. The van der Waals surface area contributed by atoms with Crippen LogP contribution in [0.3, 0.4) is 0 Å². The minimum Gasteiger partial charge on any atom is -0.376 e. The van der Waals surface area contributed by atoms with Crippen molar-refractivity contribution >= 4 is 40.7 Å². The van der Waals surface area contributed by atoms with Gasteiger partial charge in [-0.2, -0.15) is 11.3 Å². The van der Waals surface area contributed by atoms with Gasteiger partial charge in [0.05, 0.1) is 6.10 Å². The van der Waals surface area contributed by atoms with Crippen LogP contribution in [0.25, 0.3) is 6.08 Å². The molecule has 4 heterocycles. The third-order valence-corrected chi connectivity index (χ3v) is 7.43. The van der Waals surface area contributed by atoms with Gasteiger partial charge in [0.2, 0.25) is 5.91 Å². The van der Waals surface area contributed by atoms with Gasteiger partial charge in [-0.3, -0.25) is 4.79 Å². The van der Waals surface area contributed by atoms with E-state index in [-0.39, 0.29) is 5.91 Å². The summed E-state index contributed by atoms with van der Waals surface area (Å²) in [7, 11) is 0. The molecule has 1 spiro atoms. The highest BCUT2D eigenvalue weighted by Crippen LogP contribution is 2.40. The average molecular weight is 420 g/mol. The summed E-state index contributed by atoms with van der Waals surface area (Å²) in [5, 5.41) is 8.35. The third-order valence-electron chi connectivity index (χ3n) is 6.33. The number of carbonyl (C=O) groups excluding carboxylic acids is 1. The first-order valence-corrected chi connectivity index (χ1v) is 11.6. The normalized spacial score (nSPS) is 24.4. The minimum absolute atomic E-state index is 0.129. The number of hydrogen-bond acceptors (Lipinski definition) is 4. The van der Waals surface area contributed by atoms with Gasteiger partial charge in [0, 0.05) is 45.4 Å². The lowest BCUT2D eigenvalue weighted by atomic mass is 9.78. The maximum atomic E-state index is 12.5. The number of hydrogen-bond donors (Lipinski definition) is 1. The van der Waals surface area contributed by atoms with Crippen LogP contribution < -0.4 is 5.32 Å². The van der Waals surface area contributed by atoms with E-state index in [0.29, 0.717) is 11.5 Å². The second-order valence-electron chi connectivity index (χ2n) is 8.21. The van der Waals surface area contributed by atoms with Crippen molar-refractivity contribution < 1.29 is 9.53 Å². The molecule has 1 aromatic rings. The topological polar surface area (TPSA) is 44.8 Å². The molecule has 7 heteroatoms. The monoisotopic (exact) mass is 419 g/mol. The summed E-state index contributed by atoms with van der Waals surface area (Å²) in [6.07, 6.45) is 9.52. The van der Waals surface area contributed by atoms with E-state index in [1.54, 1.807) is 17.4 Å². The Labute approximate surface area is 176 Å². The fraction of sp³-hybridized carbons (Fsp3) is 0.619. The lowest BCUT2D eigenvalue weighted by Crippen LogP contribution is -2.46. The van der Waals surface area contributed by atoms with Crippen molar-refractivity contribution in [3.63, 3.8) is 0 Å². The first-order chi connectivity index (χ1) is 13.6. The minimum atomic E-state index is 0.129. The SMILES string of the molecule is O=C(/C=C/c1ccsc1)N1CCC2(CC1)CCN(C(=S)NCC1CCCO1)C2. The Morgan fingerprint density at radius 3 is 2.79 bits per heavy atom. The number of thiocarbonyl (C=S) groups is 1. The van der Waals surface area contributed by atoms with Crippen LogP contribution in [0.15, 0.2) is 22.9 Å². The second-order valence-corrected chi connectivity index (χ2v) is 9.37. The summed E-state index contributed by atoms with van der Waals surface area (Å²) < 4.78 is 5.67. The van der Waals surface area contributed by atoms with Gasteiger partial charge in [-0.25, -0.2) is 0 Å². The number of piperidine rings is 1. The van der Waals surface area contributed by atoms with Crippen LogP contribution in [-0.4, -0.2) is 66.3 Å². The van der Waals surface area contributed by atoms with Crippen LogP contribution >= 0.6 is 23.6 Å². The van der Waals surface area contributed by atoms with Crippen molar-refractivity contribution in [2.75, 3.05) is 39.3 Å². The van der Waals surface area contributed by atoms with Crippen LogP contribution in [0.1, 0.15) is 37.7 Å². The van der Waals surface area contributed by atoms with E-state index in [9.17, 15) is 4.79 Å². The molecule has 3 aliphatic rings. The predicted molar refractivity (Wildman–Crippen MR) is 117 cm³/mol. The predicted octanol–water partition coefficient (Wildman–Crippen LogP) is 3.13. The number of amides is 1. The molecule has 3 saturated heterocycles. The number of carbonyl (C=O) groups is 1. The van der Waals surface area contributed by atoms with Gasteiger partial charge >= 0.3 is 0 Å². The fourth-order valence-electron chi connectivity index (χ4n) is 4.48. The molecule has 1 N–H and O–H groups in total. The van der Waals surface area contributed by atoms with Crippen molar-refractivity contribution in [3.05, 3.63) is 28.5 Å². The molecule has 5 nitrogen and oxygen atoms in total. The zero-order valence-corrected chi connectivity index (χ0v) is 17.9. The highest BCUT2D eigenvalue weighted by Gasteiger charge is 2.41. The van der Waals surface area contributed by atoms with Crippen LogP contribution in [0, 0.1) is 5.41 Å². The van der Waals surface area contributed by atoms with Crippen LogP contribution in [0.5, 0.6) is 0 Å². The number of nitrogens with zero attached hydrogens (tertiary/aromatic N) is 2. The average Bonchev–Trinajstić information content (AvgIpc) is 3.47. The van der Waals surface area contributed by atoms with Crippen LogP contribution in [-0.2, 0) is 9.53 Å². The zero-order valence-electron chi connectivity index (χ0n) is 16.3. The van der Waals surface area contributed by atoms with Crippen molar-refractivity contribution in [3.8, 4) is 0 Å². The summed E-state index contributed by atoms with van der Waals surface area (Å²) in [6, 6.07) is 2.03. The molecule has 3 fully saturated rings. The van der Waals surface area contributed by atoms with E-state index in [4.69, 9.17) is 17.0 Å². The summed E-state index contributed by atoms with van der Waals surface area (Å²) >= 11 is 7.27. The van der Waals surface area contributed by atoms with Crippen LogP contribution in [0.2, 0.25) is 0 Å². The maximum absolute atomic E-state index is 12.5. The van der Waals surface area contributed by atoms with E-state index in [0.717, 1.165) is 75.7 Å². The quantitative estimate of drug-likeness (QED) is 0.600. The fourth-order valence-corrected chi connectivity index (χ4v) is 5.35. The molecule has 1 amide bonds. The molecule has 0 aliphatic carbocycles. The number of nitrogens with one attached hydrogen (secondary N) is 1. The van der Waals surface area contributed by atoms with Gasteiger partial charge in [-0.1, -0.05) is 0 Å². The van der Waals surface area contributed by atoms with E-state index in [1.807, 2.05) is 22.4 Å². The largest absolute Gasteiger partial charge is 0.376 e. The molecule has 3 aliphatic heterocycles. The molecular formula is C21H29N3O2S2. The summed E-state index contributed by atoms with van der Waals surface area (Å²) in [4.78, 5) is 16.8. The van der Waals surface area contributed by atoms with Gasteiger partial charge in [-0.05, 0) is 78.2 Å². The Hall–Kier alpha value is -1.44. The lowest BCUT2D eigenvalue weighted by molar-refractivity contribution is -0.128. The standard InChI is InChI=1S/C21H29N3O2S2/c25-19(4-3-17-5-13-28-15-17)23-9-6-21(7-10-23)8-11-24(16-21)20(27)22-14-18-2-1-12-26-18/h3-5,13,15,18H,1-2,6-12,14,16H2,(H,22,27)/b4-3+. The van der Waals surface area contributed by atoms with Gasteiger partial charge < -0.3 is 19.9 Å². The lowest BCUT2D eigenvalue weighted by Gasteiger charge is -2.39. The molecule has 152 valence electrons. The highest BCUT2D eigenvalue weighted by molar-refractivity contribution is 7.80. The number of likely N-dealkylation sites (tertiary alicyclic amines) is 2. The first kappa shape index (κ1) is 19.9. The Morgan fingerprint density at radius 2 is 2.11 bits per heavy atom. The molecule has 28 heavy (non-hydrogen) atoms. The van der Waals surface area contributed by atoms with Crippen molar-refractivity contribution in [2.45, 2.75) is 38.2 Å². The van der Waals surface area contributed by atoms with Gasteiger partial charge in [0.15, 0.2) is 5.11 Å². The second kappa shape index (κ2) is 8.93. The van der Waals surface area contributed by atoms with Gasteiger partial charge in [0.25, 0.3) is 0 Å². The third kappa shape index (κ3) is 4.75. The van der Waals surface area contributed by atoms with Crippen molar-refractivity contribution in [1.82, 2.24) is 15.1 Å². The molecular weight excluding hydrogens is 390 g/mol. The van der Waals surface area contributed by atoms with E-state index < -0.39 is 0 Å². The molecule has 0 bridgehead atoms. The maximum Gasteiger partial charge on any atom is 0.246 e. The van der Waals surface area contributed by atoms with E-state index in [2.05, 4.69) is 15.6 Å². The summed E-state index contributed by atoms with van der Waals surface area (Å²) in [5.74, 6) is 0.129. The molecule has 4 rings (SSSR count). The van der Waals surface area contributed by atoms with Crippen molar-refractivity contribution in [1.29, 1.82) is 0 Å². The summed E-state index contributed by atoms with van der Waals surface area (Å²) in [5.41, 5.74) is 1.41. The van der Waals surface area contributed by atoms with E-state index in [1.165, 1.54) is 6.42 Å². The van der Waals surface area contributed by atoms with Gasteiger partial charge in [0.1, 0.15) is 0 Å². The van der Waals surface area contributed by atoms with Crippen LogP contribution in [0.4, 0.5) is 0 Å². The Bertz CT molecular complexity index is 705. The van der Waals surface area contributed by atoms with Gasteiger partial charge in [-0.15, -0.1) is 0 Å². The smallest absolute Gasteiger partial charge is 0.246 e. The highest BCUT2D eigenvalue weighted by atomic mass is 32.1. The molecule has 0 aromatic carbocycles. The number of ether oxygens (including phenoxy) is 1. The van der Waals surface area contributed by atoms with E-state index >= 15 is 0 Å². The number of rotatable bonds is 4. The Balaban J connectivity index is 1.23. The Morgan fingerprint density at radius 1 is 1.32 bits per heavy atom. The molecule has 1 aromatic heterocycles. The number of thiophene rings is 1. The molecule has 0 radical (unpaired) electrons. The zero-order chi connectivity index (χ0) is 19.4. The Kier molecular flexibility index (Phi) is 6.33. The first-order valence-electron chi connectivity index (χ1n) is 10.3. The summed E-state index contributed by atoms with van der Waals surface area (Å²) in [6.45, 7) is 5.42. The molecule has 1 unspecified atom stereocenters.